The van der Waals surface area contributed by atoms with Crippen LogP contribution in [-0.2, 0) is 11.3 Å². The van der Waals surface area contributed by atoms with Gasteiger partial charge in [0.25, 0.3) is 0 Å². The Kier molecular flexibility index (Phi) is 4.30. The van der Waals surface area contributed by atoms with Gasteiger partial charge in [0.05, 0.1) is 0 Å². The molecule has 0 aromatic carbocycles. The second kappa shape index (κ2) is 5.95. The molecule has 2 unspecified atom stereocenters. The van der Waals surface area contributed by atoms with Crippen molar-refractivity contribution in [2.45, 2.75) is 38.8 Å². The summed E-state index contributed by atoms with van der Waals surface area (Å²) in [5, 5.41) is 3.96. The van der Waals surface area contributed by atoms with Gasteiger partial charge in [-0.05, 0) is 18.8 Å². The summed E-state index contributed by atoms with van der Waals surface area (Å²) in [4.78, 5) is 18.0. The van der Waals surface area contributed by atoms with E-state index in [0.29, 0.717) is 12.5 Å². The third-order valence-corrected chi connectivity index (χ3v) is 3.76. The maximum Gasteiger partial charge on any atom is 0.244 e. The van der Waals surface area contributed by atoms with Crippen LogP contribution in [0, 0.1) is 5.92 Å². The fourth-order valence-corrected chi connectivity index (χ4v) is 2.60. The second-order valence-corrected chi connectivity index (χ2v) is 4.87. The van der Waals surface area contributed by atoms with E-state index in [2.05, 4.69) is 17.0 Å². The molecule has 1 fully saturated rings. The van der Waals surface area contributed by atoms with E-state index >= 15 is 0 Å². The highest BCUT2D eigenvalue weighted by Crippen LogP contribution is 2.25. The molecule has 2 N–H and O–H groups in total. The lowest BCUT2D eigenvalue weighted by Crippen LogP contribution is -2.50. The molecule has 2 atom stereocenters. The fraction of sp³-hybridized carbons (Fsp3) is 0.750. The molecule has 1 aliphatic rings. The fourth-order valence-electron chi connectivity index (χ4n) is 2.60. The highest BCUT2D eigenvalue weighted by Gasteiger charge is 2.29. The van der Waals surface area contributed by atoms with E-state index in [4.69, 9.17) is 5.73 Å². The molecule has 18 heavy (non-hydrogen) atoms. The van der Waals surface area contributed by atoms with Crippen LogP contribution < -0.4 is 5.73 Å². The van der Waals surface area contributed by atoms with Gasteiger partial charge in [-0.2, -0.15) is 5.10 Å². The Morgan fingerprint density at radius 1 is 1.56 bits per heavy atom. The molecule has 0 bridgehead atoms. The Morgan fingerprint density at radius 3 is 3.00 bits per heavy atom. The summed E-state index contributed by atoms with van der Waals surface area (Å²) in [6, 6.07) is 0.180. The van der Waals surface area contributed by atoms with Crippen molar-refractivity contribution in [2.75, 3.05) is 13.1 Å². The summed E-state index contributed by atoms with van der Waals surface area (Å²) in [7, 11) is 0. The number of hydrogen-bond donors (Lipinski definition) is 1. The number of nitrogens with zero attached hydrogens (tertiary/aromatic N) is 4. The van der Waals surface area contributed by atoms with E-state index in [1.807, 2.05) is 4.90 Å². The third-order valence-electron chi connectivity index (χ3n) is 3.76. The predicted octanol–water partition coefficient (Wildman–Crippen LogP) is 0.254. The number of hydrogen-bond acceptors (Lipinski definition) is 4. The summed E-state index contributed by atoms with van der Waals surface area (Å²) in [5.41, 5.74) is 5.79. The molecule has 6 nitrogen and oxygen atoms in total. The van der Waals surface area contributed by atoms with Gasteiger partial charge in [-0.1, -0.05) is 13.3 Å². The molecule has 1 saturated heterocycles. The normalized spacial score (nSPS) is 24.2. The zero-order valence-corrected chi connectivity index (χ0v) is 10.8. The monoisotopic (exact) mass is 251 g/mol. The molecule has 100 valence electrons. The van der Waals surface area contributed by atoms with Crippen molar-refractivity contribution in [3.63, 3.8) is 0 Å². The largest absolute Gasteiger partial charge is 0.337 e. The molecule has 1 amide bonds. The summed E-state index contributed by atoms with van der Waals surface area (Å²) in [6.45, 7) is 3.81. The number of nitrogens with two attached hydrogens (primary N) is 1. The van der Waals surface area contributed by atoms with Gasteiger partial charge in [0, 0.05) is 19.1 Å². The first-order valence-electron chi connectivity index (χ1n) is 6.56. The van der Waals surface area contributed by atoms with Gasteiger partial charge < -0.3 is 10.6 Å². The summed E-state index contributed by atoms with van der Waals surface area (Å²) >= 11 is 0. The number of carbonyl (C=O) groups excluding carboxylic acids is 1. The van der Waals surface area contributed by atoms with Crippen LogP contribution >= 0.6 is 0 Å². The van der Waals surface area contributed by atoms with Gasteiger partial charge >= 0.3 is 0 Å². The highest BCUT2D eigenvalue weighted by molar-refractivity contribution is 5.76. The minimum Gasteiger partial charge on any atom is -0.337 e. The minimum absolute atomic E-state index is 0.0884. The van der Waals surface area contributed by atoms with E-state index in [0.717, 1.165) is 19.4 Å². The molecule has 0 radical (unpaired) electrons. The molecular weight excluding hydrogens is 230 g/mol. The molecule has 2 heterocycles. The Labute approximate surface area is 107 Å². The molecule has 0 spiro atoms. The van der Waals surface area contributed by atoms with Crippen molar-refractivity contribution in [1.82, 2.24) is 19.7 Å². The molecule has 1 aliphatic heterocycles. The lowest BCUT2D eigenvalue weighted by atomic mass is 9.89. The van der Waals surface area contributed by atoms with Crippen LogP contribution in [0.25, 0.3) is 0 Å². The lowest BCUT2D eigenvalue weighted by molar-refractivity contribution is -0.136. The average molecular weight is 251 g/mol. The van der Waals surface area contributed by atoms with Gasteiger partial charge in [-0.3, -0.25) is 4.79 Å². The average Bonchev–Trinajstić information content (AvgIpc) is 2.90. The van der Waals surface area contributed by atoms with Crippen LogP contribution in [0.2, 0.25) is 0 Å². The van der Waals surface area contributed by atoms with Crippen molar-refractivity contribution < 1.29 is 4.79 Å². The maximum absolute atomic E-state index is 12.2. The van der Waals surface area contributed by atoms with Crippen molar-refractivity contribution in [2.24, 2.45) is 11.7 Å². The third kappa shape index (κ3) is 2.87. The molecule has 1 aromatic heterocycles. The van der Waals surface area contributed by atoms with Gasteiger partial charge in [0.2, 0.25) is 5.91 Å². The Bertz CT molecular complexity index is 378. The highest BCUT2D eigenvalue weighted by atomic mass is 16.2. The van der Waals surface area contributed by atoms with E-state index in [1.165, 1.54) is 12.7 Å². The van der Waals surface area contributed by atoms with Crippen molar-refractivity contribution in [3.05, 3.63) is 12.7 Å². The first kappa shape index (κ1) is 13.0. The number of piperidine rings is 1. The standard InChI is InChI=1S/C12H21N5O/c1-2-10-3-4-17(11(5-10)6-13)12(18)7-16-9-14-8-15-16/h8-11H,2-7,13H2,1H3. The van der Waals surface area contributed by atoms with Crippen LogP contribution in [0.3, 0.4) is 0 Å². The Morgan fingerprint density at radius 2 is 2.39 bits per heavy atom. The summed E-state index contributed by atoms with van der Waals surface area (Å²) in [6.07, 6.45) is 6.28. The van der Waals surface area contributed by atoms with E-state index in [1.54, 1.807) is 11.0 Å². The van der Waals surface area contributed by atoms with Gasteiger partial charge in [-0.25, -0.2) is 9.67 Å². The van der Waals surface area contributed by atoms with E-state index in [-0.39, 0.29) is 18.5 Å². The zero-order chi connectivity index (χ0) is 13.0. The van der Waals surface area contributed by atoms with Crippen LogP contribution in [-0.4, -0.2) is 44.7 Å². The van der Waals surface area contributed by atoms with Crippen LogP contribution in [0.15, 0.2) is 12.7 Å². The molecule has 6 heteroatoms. The Hall–Kier alpha value is -1.43. The van der Waals surface area contributed by atoms with E-state index in [9.17, 15) is 4.79 Å². The number of amides is 1. The van der Waals surface area contributed by atoms with Crippen LogP contribution in [0.1, 0.15) is 26.2 Å². The number of carbonyl (C=O) groups is 1. The van der Waals surface area contributed by atoms with Crippen molar-refractivity contribution >= 4 is 5.91 Å². The van der Waals surface area contributed by atoms with Crippen LogP contribution in [0.5, 0.6) is 0 Å². The molecular formula is C12H21N5O. The molecule has 2 rings (SSSR count). The maximum atomic E-state index is 12.2. The van der Waals surface area contributed by atoms with E-state index < -0.39 is 0 Å². The SMILES string of the molecule is CCC1CCN(C(=O)Cn2cncn2)C(CN)C1. The summed E-state index contributed by atoms with van der Waals surface area (Å²) < 4.78 is 1.56. The first-order valence-corrected chi connectivity index (χ1v) is 6.56. The van der Waals surface area contributed by atoms with Gasteiger partial charge in [0.15, 0.2) is 0 Å². The minimum atomic E-state index is 0.0884. The lowest BCUT2D eigenvalue weighted by Gasteiger charge is -2.38. The molecule has 1 aromatic rings. The number of aromatic nitrogens is 3. The first-order chi connectivity index (χ1) is 8.74. The second-order valence-electron chi connectivity index (χ2n) is 4.87. The number of rotatable bonds is 4. The number of likely N-dealkylation sites (tertiary alicyclic amines) is 1. The topological polar surface area (TPSA) is 77.0 Å². The van der Waals surface area contributed by atoms with Crippen LogP contribution in [0.4, 0.5) is 0 Å². The zero-order valence-electron chi connectivity index (χ0n) is 10.8. The van der Waals surface area contributed by atoms with Crippen molar-refractivity contribution in [3.8, 4) is 0 Å². The van der Waals surface area contributed by atoms with Crippen molar-refractivity contribution in [1.29, 1.82) is 0 Å². The predicted molar refractivity (Wildman–Crippen MR) is 67.6 cm³/mol. The summed E-state index contributed by atoms with van der Waals surface area (Å²) in [5.74, 6) is 0.791. The molecule has 0 saturated carbocycles. The van der Waals surface area contributed by atoms with Gasteiger partial charge in [-0.15, -0.1) is 0 Å². The quantitative estimate of drug-likeness (QED) is 0.832. The smallest absolute Gasteiger partial charge is 0.244 e. The van der Waals surface area contributed by atoms with Gasteiger partial charge in [0.1, 0.15) is 19.2 Å². The molecule has 0 aliphatic carbocycles. The Balaban J connectivity index is 1.96.